The van der Waals surface area contributed by atoms with Gasteiger partial charge in [-0.2, -0.15) is 0 Å². The van der Waals surface area contributed by atoms with Crippen LogP contribution < -0.4 is 5.32 Å². The normalized spacial score (nSPS) is 19.8. The SMILES string of the molecule is CCOC(=O)N1CCN(C(=O)[C@H](CCC(=O)O)NC(=O)c2cc(C3CCC(O)CC3)cc(-c3ccccc3)n2)CC1. The Balaban J connectivity index is 1.54. The molecule has 220 valence electrons. The third-order valence-electron chi connectivity index (χ3n) is 7.69. The maximum Gasteiger partial charge on any atom is 0.409 e. The summed E-state index contributed by atoms with van der Waals surface area (Å²) in [4.78, 5) is 58.1. The second-order valence-corrected chi connectivity index (χ2v) is 10.5. The molecule has 2 aliphatic rings. The molecule has 0 bridgehead atoms. The van der Waals surface area contributed by atoms with Crippen molar-refractivity contribution in [2.24, 2.45) is 0 Å². The number of hydrogen-bond acceptors (Lipinski definition) is 7. The number of carbonyl (C=O) groups is 4. The van der Waals surface area contributed by atoms with Gasteiger partial charge in [-0.05, 0) is 62.6 Å². The van der Waals surface area contributed by atoms with Crippen LogP contribution in [0.4, 0.5) is 4.79 Å². The van der Waals surface area contributed by atoms with Crippen LogP contribution in [0.1, 0.15) is 67.4 Å². The Labute approximate surface area is 239 Å². The van der Waals surface area contributed by atoms with Gasteiger partial charge >= 0.3 is 12.1 Å². The van der Waals surface area contributed by atoms with E-state index >= 15 is 0 Å². The molecule has 3 amide bonds. The zero-order valence-electron chi connectivity index (χ0n) is 23.3. The fourth-order valence-corrected chi connectivity index (χ4v) is 5.37. The summed E-state index contributed by atoms with van der Waals surface area (Å²) in [5, 5.41) is 22.0. The highest BCUT2D eigenvalue weighted by Gasteiger charge is 2.31. The molecule has 0 spiro atoms. The van der Waals surface area contributed by atoms with Gasteiger partial charge in [-0.3, -0.25) is 14.4 Å². The van der Waals surface area contributed by atoms with Crippen LogP contribution in [0, 0.1) is 0 Å². The number of aromatic nitrogens is 1. The molecule has 3 N–H and O–H groups in total. The van der Waals surface area contributed by atoms with Crippen molar-refractivity contribution in [1.29, 1.82) is 0 Å². The average Bonchev–Trinajstić information content (AvgIpc) is 2.99. The number of hydrogen-bond donors (Lipinski definition) is 3. The minimum absolute atomic E-state index is 0.0796. The number of carboxylic acids is 1. The van der Waals surface area contributed by atoms with Gasteiger partial charge in [-0.15, -0.1) is 0 Å². The van der Waals surface area contributed by atoms with Crippen molar-refractivity contribution in [3.05, 3.63) is 53.7 Å². The molecule has 1 atom stereocenters. The zero-order chi connectivity index (χ0) is 29.4. The van der Waals surface area contributed by atoms with Crippen LogP contribution in [0.3, 0.4) is 0 Å². The molecule has 1 aliphatic carbocycles. The number of nitrogens with zero attached hydrogens (tertiary/aromatic N) is 3. The highest BCUT2D eigenvalue weighted by Crippen LogP contribution is 2.34. The molecule has 0 radical (unpaired) electrons. The summed E-state index contributed by atoms with van der Waals surface area (Å²) >= 11 is 0. The van der Waals surface area contributed by atoms with Crippen LogP contribution in [0.25, 0.3) is 11.3 Å². The van der Waals surface area contributed by atoms with Crippen molar-refractivity contribution in [2.45, 2.75) is 63.5 Å². The first-order valence-corrected chi connectivity index (χ1v) is 14.2. The lowest BCUT2D eigenvalue weighted by atomic mass is 9.82. The number of benzene rings is 1. The van der Waals surface area contributed by atoms with Crippen LogP contribution >= 0.6 is 0 Å². The lowest BCUT2D eigenvalue weighted by Gasteiger charge is -2.36. The molecule has 0 unspecified atom stereocenters. The Morgan fingerprint density at radius 3 is 2.29 bits per heavy atom. The van der Waals surface area contributed by atoms with Crippen molar-refractivity contribution in [3.8, 4) is 11.3 Å². The molecule has 41 heavy (non-hydrogen) atoms. The standard InChI is InChI=1S/C30H38N4O7/c1-2-41-30(40)34-16-14-33(15-17-34)29(39)24(12-13-27(36)37)32-28(38)26-19-22(20-8-10-23(35)11-9-20)18-25(31-26)21-6-4-3-5-7-21/h3-7,18-20,23-24,35H,2,8-17H2,1H3,(H,32,38)(H,36,37)/t20?,23?,24-/m0/s1. The van der Waals surface area contributed by atoms with Crippen molar-refractivity contribution in [3.63, 3.8) is 0 Å². The average molecular weight is 567 g/mol. The Hall–Kier alpha value is -3.99. The monoisotopic (exact) mass is 566 g/mol. The molecule has 2 aromatic rings. The summed E-state index contributed by atoms with van der Waals surface area (Å²) in [6.07, 6.45) is 1.81. The smallest absolute Gasteiger partial charge is 0.409 e. The van der Waals surface area contributed by atoms with Crippen LogP contribution in [-0.2, 0) is 14.3 Å². The molecular weight excluding hydrogens is 528 g/mol. The molecule has 4 rings (SSSR count). The Bertz CT molecular complexity index is 1220. The molecule has 11 heteroatoms. The summed E-state index contributed by atoms with van der Waals surface area (Å²) in [6.45, 7) is 3.03. The van der Waals surface area contributed by atoms with E-state index in [1.54, 1.807) is 13.0 Å². The van der Waals surface area contributed by atoms with Crippen LogP contribution in [0.2, 0.25) is 0 Å². The predicted octanol–water partition coefficient (Wildman–Crippen LogP) is 3.03. The number of carbonyl (C=O) groups excluding carboxylic acids is 3. The van der Waals surface area contributed by atoms with E-state index in [1.807, 2.05) is 36.4 Å². The predicted molar refractivity (Wildman–Crippen MR) is 150 cm³/mol. The van der Waals surface area contributed by atoms with E-state index in [-0.39, 0.29) is 63.3 Å². The van der Waals surface area contributed by atoms with Gasteiger partial charge in [0.05, 0.1) is 18.4 Å². The molecule has 11 nitrogen and oxygen atoms in total. The lowest BCUT2D eigenvalue weighted by Crippen LogP contribution is -2.56. The first-order valence-electron chi connectivity index (χ1n) is 14.2. The number of ether oxygens (including phenoxy) is 1. The van der Waals surface area contributed by atoms with E-state index < -0.39 is 29.9 Å². The summed E-state index contributed by atoms with van der Waals surface area (Å²) in [5.41, 5.74) is 2.56. The molecule has 2 heterocycles. The maximum atomic E-state index is 13.6. The Morgan fingerprint density at radius 1 is 1.00 bits per heavy atom. The lowest BCUT2D eigenvalue weighted by molar-refractivity contribution is -0.138. The molecular formula is C30H38N4O7. The van der Waals surface area contributed by atoms with Gasteiger partial charge in [0.1, 0.15) is 11.7 Å². The first-order chi connectivity index (χ1) is 19.7. The molecule has 1 aromatic heterocycles. The van der Waals surface area contributed by atoms with Crippen molar-refractivity contribution in [1.82, 2.24) is 20.1 Å². The van der Waals surface area contributed by atoms with Crippen molar-refractivity contribution >= 4 is 23.9 Å². The number of amides is 3. The van der Waals surface area contributed by atoms with Crippen LogP contribution in [0.15, 0.2) is 42.5 Å². The first kappa shape index (κ1) is 30.0. The zero-order valence-corrected chi connectivity index (χ0v) is 23.3. The number of rotatable bonds is 9. The number of aliphatic carboxylic acids is 1. The van der Waals surface area contributed by atoms with E-state index in [9.17, 15) is 29.4 Å². The van der Waals surface area contributed by atoms with Gasteiger partial charge in [0.2, 0.25) is 5.91 Å². The van der Waals surface area contributed by atoms with E-state index in [0.29, 0.717) is 18.5 Å². The molecule has 2 fully saturated rings. The largest absolute Gasteiger partial charge is 0.481 e. The maximum absolute atomic E-state index is 13.6. The van der Waals surface area contributed by atoms with E-state index in [1.165, 1.54) is 9.80 Å². The quantitative estimate of drug-likeness (QED) is 0.419. The number of nitrogens with one attached hydrogen (secondary N) is 1. The van der Waals surface area contributed by atoms with E-state index in [4.69, 9.17) is 4.74 Å². The number of aliphatic hydroxyl groups excluding tert-OH is 1. The molecule has 1 saturated heterocycles. The fraction of sp³-hybridized carbons (Fsp3) is 0.500. The van der Waals surface area contributed by atoms with Crippen molar-refractivity contribution in [2.75, 3.05) is 32.8 Å². The molecule has 1 aromatic carbocycles. The molecule has 1 aliphatic heterocycles. The fourth-order valence-electron chi connectivity index (χ4n) is 5.37. The highest BCUT2D eigenvalue weighted by molar-refractivity contribution is 5.97. The van der Waals surface area contributed by atoms with Crippen molar-refractivity contribution < 1.29 is 34.1 Å². The number of carboxylic acid groups (broad SMARTS) is 1. The third-order valence-corrected chi connectivity index (χ3v) is 7.69. The van der Waals surface area contributed by atoms with Crippen LogP contribution in [0.5, 0.6) is 0 Å². The summed E-state index contributed by atoms with van der Waals surface area (Å²) in [5.74, 6) is -1.87. The minimum atomic E-state index is -1.07. The van der Waals surface area contributed by atoms with Gasteiger partial charge < -0.3 is 30.1 Å². The second-order valence-electron chi connectivity index (χ2n) is 10.5. The highest BCUT2D eigenvalue weighted by atomic mass is 16.6. The summed E-state index contributed by atoms with van der Waals surface area (Å²) < 4.78 is 5.03. The Morgan fingerprint density at radius 2 is 1.66 bits per heavy atom. The van der Waals surface area contributed by atoms with Gasteiger partial charge in [0, 0.05) is 38.2 Å². The second kappa shape index (κ2) is 14.1. The minimum Gasteiger partial charge on any atom is -0.481 e. The summed E-state index contributed by atoms with van der Waals surface area (Å²) in [6, 6.07) is 12.1. The van der Waals surface area contributed by atoms with Crippen LogP contribution in [-0.4, -0.2) is 93.8 Å². The van der Waals surface area contributed by atoms with Gasteiger partial charge in [-0.1, -0.05) is 30.3 Å². The third kappa shape index (κ3) is 8.03. The Kier molecular flexibility index (Phi) is 10.3. The van der Waals surface area contributed by atoms with E-state index in [2.05, 4.69) is 10.3 Å². The summed E-state index contributed by atoms with van der Waals surface area (Å²) in [7, 11) is 0. The molecule has 1 saturated carbocycles. The van der Waals surface area contributed by atoms with E-state index in [0.717, 1.165) is 24.0 Å². The van der Waals surface area contributed by atoms with Gasteiger partial charge in [-0.25, -0.2) is 9.78 Å². The van der Waals surface area contributed by atoms with Gasteiger partial charge in [0.15, 0.2) is 0 Å². The number of aliphatic hydroxyl groups is 1. The number of pyridine rings is 1. The number of piperazine rings is 1. The van der Waals surface area contributed by atoms with Gasteiger partial charge in [0.25, 0.3) is 5.91 Å². The topological polar surface area (TPSA) is 149 Å².